The molecule has 98 valence electrons. The van der Waals surface area contributed by atoms with E-state index in [0.717, 1.165) is 31.2 Å². The number of hydrogen-bond donors (Lipinski definition) is 2. The quantitative estimate of drug-likeness (QED) is 0.633. The van der Waals surface area contributed by atoms with Gasteiger partial charge in [-0.3, -0.25) is 10.1 Å². The second-order valence-corrected chi connectivity index (χ2v) is 4.77. The zero-order chi connectivity index (χ0) is 13.0. The standard InChI is InChI=1S/C13H18N2O3/c16-13-7-2-1-6-12(13)14-9-10-4-3-5-11(8-10)15(17)18/h3-5,8,12-14,16H,1-2,6-7,9H2/t12-,13-/m0/s1. The van der Waals surface area contributed by atoms with Crippen molar-refractivity contribution in [1.82, 2.24) is 5.32 Å². The zero-order valence-corrected chi connectivity index (χ0v) is 10.2. The summed E-state index contributed by atoms with van der Waals surface area (Å²) in [4.78, 5) is 10.3. The Morgan fingerprint density at radius 2 is 2.17 bits per heavy atom. The van der Waals surface area contributed by atoms with Crippen LogP contribution in [0.1, 0.15) is 31.2 Å². The number of nitrogens with zero attached hydrogens (tertiary/aromatic N) is 1. The van der Waals surface area contributed by atoms with Crippen LogP contribution >= 0.6 is 0 Å². The fourth-order valence-electron chi connectivity index (χ4n) is 2.38. The third-order valence-electron chi connectivity index (χ3n) is 3.42. The van der Waals surface area contributed by atoms with Gasteiger partial charge in [-0.25, -0.2) is 0 Å². The molecule has 1 aliphatic rings. The number of nitro benzene ring substituents is 1. The fraction of sp³-hybridized carbons (Fsp3) is 0.538. The molecule has 1 aromatic rings. The molecule has 0 heterocycles. The Morgan fingerprint density at radius 3 is 2.89 bits per heavy atom. The van der Waals surface area contributed by atoms with Crippen molar-refractivity contribution in [1.29, 1.82) is 0 Å². The minimum Gasteiger partial charge on any atom is -0.392 e. The Morgan fingerprint density at radius 1 is 1.39 bits per heavy atom. The molecule has 0 radical (unpaired) electrons. The van der Waals surface area contributed by atoms with Crippen molar-refractivity contribution in [3.63, 3.8) is 0 Å². The first-order valence-corrected chi connectivity index (χ1v) is 6.31. The second kappa shape index (κ2) is 5.93. The third-order valence-corrected chi connectivity index (χ3v) is 3.42. The average molecular weight is 250 g/mol. The molecule has 0 aromatic heterocycles. The maximum absolute atomic E-state index is 10.7. The Balaban J connectivity index is 1.93. The first-order chi connectivity index (χ1) is 8.66. The number of aliphatic hydroxyl groups excluding tert-OH is 1. The maximum atomic E-state index is 10.7. The van der Waals surface area contributed by atoms with Gasteiger partial charge >= 0.3 is 0 Å². The minimum absolute atomic E-state index is 0.109. The SMILES string of the molecule is O=[N+]([O-])c1cccc(CN[C@H]2CCCC[C@@H]2O)c1. The van der Waals surface area contributed by atoms with Gasteiger partial charge in [0.15, 0.2) is 0 Å². The van der Waals surface area contributed by atoms with Crippen molar-refractivity contribution >= 4 is 5.69 Å². The van der Waals surface area contributed by atoms with Gasteiger partial charge in [-0.2, -0.15) is 0 Å². The Bertz CT molecular complexity index is 422. The van der Waals surface area contributed by atoms with Crippen LogP contribution in [0.25, 0.3) is 0 Å². The molecule has 1 aliphatic carbocycles. The van der Waals surface area contributed by atoms with Crippen LogP contribution in [0, 0.1) is 10.1 Å². The highest BCUT2D eigenvalue weighted by Gasteiger charge is 2.22. The van der Waals surface area contributed by atoms with Gasteiger partial charge < -0.3 is 10.4 Å². The lowest BCUT2D eigenvalue weighted by Crippen LogP contribution is -2.41. The highest BCUT2D eigenvalue weighted by molar-refractivity contribution is 5.34. The van der Waals surface area contributed by atoms with E-state index in [-0.39, 0.29) is 22.8 Å². The summed E-state index contributed by atoms with van der Waals surface area (Å²) in [7, 11) is 0. The molecule has 0 aliphatic heterocycles. The molecule has 0 bridgehead atoms. The Hall–Kier alpha value is -1.46. The summed E-state index contributed by atoms with van der Waals surface area (Å²) in [5.41, 5.74) is 0.987. The highest BCUT2D eigenvalue weighted by Crippen LogP contribution is 2.19. The van der Waals surface area contributed by atoms with Crippen LogP contribution in [0.15, 0.2) is 24.3 Å². The normalized spacial score (nSPS) is 23.8. The van der Waals surface area contributed by atoms with Gasteiger partial charge in [0.05, 0.1) is 11.0 Å². The summed E-state index contributed by atoms with van der Waals surface area (Å²) in [6, 6.07) is 6.71. The molecule has 2 atom stereocenters. The van der Waals surface area contributed by atoms with Crippen LogP contribution in [-0.2, 0) is 6.54 Å². The number of nitrogens with one attached hydrogen (secondary N) is 1. The van der Waals surface area contributed by atoms with E-state index in [2.05, 4.69) is 5.32 Å². The molecule has 0 amide bonds. The van der Waals surface area contributed by atoms with Gasteiger partial charge in [0.1, 0.15) is 0 Å². The van der Waals surface area contributed by atoms with Crippen molar-refractivity contribution in [3.05, 3.63) is 39.9 Å². The molecule has 1 aromatic carbocycles. The van der Waals surface area contributed by atoms with Crippen molar-refractivity contribution in [2.24, 2.45) is 0 Å². The monoisotopic (exact) mass is 250 g/mol. The molecule has 0 saturated heterocycles. The van der Waals surface area contributed by atoms with Crippen LogP contribution < -0.4 is 5.32 Å². The van der Waals surface area contributed by atoms with Crippen molar-refractivity contribution in [2.75, 3.05) is 0 Å². The van der Waals surface area contributed by atoms with Crippen LogP contribution in [0.2, 0.25) is 0 Å². The fourth-order valence-corrected chi connectivity index (χ4v) is 2.38. The lowest BCUT2D eigenvalue weighted by Gasteiger charge is -2.28. The smallest absolute Gasteiger partial charge is 0.269 e. The molecule has 5 nitrogen and oxygen atoms in total. The van der Waals surface area contributed by atoms with Gasteiger partial charge in [-0.15, -0.1) is 0 Å². The summed E-state index contributed by atoms with van der Waals surface area (Å²) in [5.74, 6) is 0. The Kier molecular flexibility index (Phi) is 4.28. The van der Waals surface area contributed by atoms with Gasteiger partial charge in [0, 0.05) is 24.7 Å². The number of aliphatic hydroxyl groups is 1. The van der Waals surface area contributed by atoms with E-state index in [9.17, 15) is 15.2 Å². The van der Waals surface area contributed by atoms with E-state index in [0.29, 0.717) is 6.54 Å². The van der Waals surface area contributed by atoms with Crippen LogP contribution in [0.4, 0.5) is 5.69 Å². The average Bonchev–Trinajstić information content (AvgIpc) is 2.38. The topological polar surface area (TPSA) is 75.4 Å². The molecular formula is C13H18N2O3. The lowest BCUT2D eigenvalue weighted by atomic mass is 9.92. The largest absolute Gasteiger partial charge is 0.392 e. The molecule has 1 saturated carbocycles. The van der Waals surface area contributed by atoms with Crippen LogP contribution in [0.3, 0.4) is 0 Å². The summed E-state index contributed by atoms with van der Waals surface area (Å²) < 4.78 is 0. The van der Waals surface area contributed by atoms with Gasteiger partial charge in [0.2, 0.25) is 0 Å². The first kappa shape index (κ1) is 13.0. The summed E-state index contributed by atoms with van der Waals surface area (Å²) in [5, 5.41) is 23.8. The van der Waals surface area contributed by atoms with E-state index >= 15 is 0 Å². The van der Waals surface area contributed by atoms with Gasteiger partial charge in [0.25, 0.3) is 5.69 Å². The number of non-ortho nitro benzene ring substituents is 1. The van der Waals surface area contributed by atoms with Crippen molar-refractivity contribution in [2.45, 2.75) is 44.4 Å². The number of nitro groups is 1. The summed E-state index contributed by atoms with van der Waals surface area (Å²) in [6.45, 7) is 0.559. The van der Waals surface area contributed by atoms with Gasteiger partial charge in [-0.1, -0.05) is 25.0 Å². The van der Waals surface area contributed by atoms with E-state index < -0.39 is 0 Å². The van der Waals surface area contributed by atoms with Crippen LogP contribution in [0.5, 0.6) is 0 Å². The number of rotatable bonds is 4. The van der Waals surface area contributed by atoms with E-state index in [4.69, 9.17) is 0 Å². The lowest BCUT2D eigenvalue weighted by molar-refractivity contribution is -0.384. The third kappa shape index (κ3) is 3.27. The molecule has 18 heavy (non-hydrogen) atoms. The van der Waals surface area contributed by atoms with E-state index in [1.807, 2.05) is 6.07 Å². The maximum Gasteiger partial charge on any atom is 0.269 e. The molecule has 0 spiro atoms. The zero-order valence-electron chi connectivity index (χ0n) is 10.2. The van der Waals surface area contributed by atoms with E-state index in [1.165, 1.54) is 6.07 Å². The number of hydrogen-bond acceptors (Lipinski definition) is 4. The Labute approximate surface area is 106 Å². The molecule has 1 fully saturated rings. The molecule has 0 unspecified atom stereocenters. The predicted octanol–water partition coefficient (Wildman–Crippen LogP) is 1.99. The summed E-state index contributed by atoms with van der Waals surface area (Å²) in [6.07, 6.45) is 3.72. The highest BCUT2D eigenvalue weighted by atomic mass is 16.6. The molecular weight excluding hydrogens is 232 g/mol. The second-order valence-electron chi connectivity index (χ2n) is 4.77. The minimum atomic E-state index is -0.390. The molecule has 2 N–H and O–H groups in total. The molecule has 2 rings (SSSR count). The van der Waals surface area contributed by atoms with Crippen molar-refractivity contribution < 1.29 is 10.0 Å². The molecule has 5 heteroatoms. The summed E-state index contributed by atoms with van der Waals surface area (Å²) >= 11 is 0. The number of benzene rings is 1. The van der Waals surface area contributed by atoms with E-state index in [1.54, 1.807) is 12.1 Å². The first-order valence-electron chi connectivity index (χ1n) is 6.31. The van der Waals surface area contributed by atoms with Gasteiger partial charge in [-0.05, 0) is 18.4 Å². The van der Waals surface area contributed by atoms with Crippen LogP contribution in [-0.4, -0.2) is 22.2 Å². The predicted molar refractivity (Wildman–Crippen MR) is 68.2 cm³/mol. The van der Waals surface area contributed by atoms with Crippen molar-refractivity contribution in [3.8, 4) is 0 Å².